The first-order valence-electron chi connectivity index (χ1n) is 6.25. The van der Waals surface area contributed by atoms with Crippen LogP contribution in [0.5, 0.6) is 0 Å². The second-order valence-corrected chi connectivity index (χ2v) is 5.35. The van der Waals surface area contributed by atoms with Gasteiger partial charge in [-0.25, -0.2) is 0 Å². The zero-order chi connectivity index (χ0) is 13.1. The van der Waals surface area contributed by atoms with E-state index < -0.39 is 0 Å². The minimum atomic E-state index is 0.129. The van der Waals surface area contributed by atoms with Gasteiger partial charge in [0.1, 0.15) is 0 Å². The van der Waals surface area contributed by atoms with Crippen LogP contribution in [0, 0.1) is 0 Å². The Kier molecular flexibility index (Phi) is 8.90. The molecule has 1 N–H and O–H groups in total. The van der Waals surface area contributed by atoms with Gasteiger partial charge in [0.15, 0.2) is 0 Å². The molecule has 1 aromatic heterocycles. The average Bonchev–Trinajstić information content (AvgIpc) is 2.87. The Morgan fingerprint density at radius 1 is 1.39 bits per heavy atom. The van der Waals surface area contributed by atoms with E-state index in [-0.39, 0.29) is 5.91 Å². The number of amides is 1. The van der Waals surface area contributed by atoms with E-state index in [4.69, 9.17) is 16.3 Å². The van der Waals surface area contributed by atoms with Gasteiger partial charge in [0.05, 0.1) is 6.61 Å². The zero-order valence-electron chi connectivity index (χ0n) is 10.5. The summed E-state index contributed by atoms with van der Waals surface area (Å²) >= 11 is 7.22. The van der Waals surface area contributed by atoms with Crippen molar-refractivity contribution < 1.29 is 9.53 Å². The summed E-state index contributed by atoms with van der Waals surface area (Å²) < 4.78 is 5.21. The molecule has 0 spiro atoms. The fraction of sp³-hybridized carbons (Fsp3) is 0.615. The number of halogens is 1. The summed E-state index contributed by atoms with van der Waals surface area (Å²) in [7, 11) is 0. The number of aryl methyl sites for hydroxylation is 1. The van der Waals surface area contributed by atoms with Gasteiger partial charge in [0.2, 0.25) is 5.91 Å². The summed E-state index contributed by atoms with van der Waals surface area (Å²) in [4.78, 5) is 12.8. The number of nitrogens with one attached hydrogen (secondary N) is 1. The molecule has 0 unspecified atom stereocenters. The minimum absolute atomic E-state index is 0.129. The third kappa shape index (κ3) is 7.69. The number of thiophene rings is 1. The van der Waals surface area contributed by atoms with Crippen LogP contribution in [0.3, 0.4) is 0 Å². The van der Waals surface area contributed by atoms with Gasteiger partial charge in [-0.1, -0.05) is 6.07 Å². The third-order valence-corrected chi connectivity index (χ3v) is 3.51. The molecule has 1 amide bonds. The van der Waals surface area contributed by atoms with E-state index in [1.165, 1.54) is 4.88 Å². The lowest BCUT2D eigenvalue weighted by molar-refractivity contribution is -0.121. The molecule has 0 fully saturated rings. The maximum atomic E-state index is 11.5. The summed E-state index contributed by atoms with van der Waals surface area (Å²) in [5, 5.41) is 4.96. The van der Waals surface area contributed by atoms with Crippen LogP contribution in [0.25, 0.3) is 0 Å². The van der Waals surface area contributed by atoms with Crippen LogP contribution in [0.1, 0.15) is 24.1 Å². The highest BCUT2D eigenvalue weighted by Crippen LogP contribution is 2.11. The molecule has 0 saturated heterocycles. The third-order valence-electron chi connectivity index (χ3n) is 2.42. The molecule has 18 heavy (non-hydrogen) atoms. The molecule has 0 atom stereocenters. The second kappa shape index (κ2) is 10.4. The highest BCUT2D eigenvalue weighted by atomic mass is 35.5. The molecule has 0 aliphatic rings. The van der Waals surface area contributed by atoms with E-state index in [1.807, 2.05) is 6.07 Å². The maximum absolute atomic E-state index is 11.5. The van der Waals surface area contributed by atoms with Gasteiger partial charge >= 0.3 is 0 Å². The van der Waals surface area contributed by atoms with Crippen molar-refractivity contribution in [2.75, 3.05) is 25.6 Å². The van der Waals surface area contributed by atoms with Crippen LogP contribution in [0.2, 0.25) is 0 Å². The van der Waals surface area contributed by atoms with Gasteiger partial charge in [-0.3, -0.25) is 4.79 Å². The predicted molar refractivity (Wildman–Crippen MR) is 76.4 cm³/mol. The van der Waals surface area contributed by atoms with Gasteiger partial charge < -0.3 is 10.1 Å². The summed E-state index contributed by atoms with van der Waals surface area (Å²) in [6.45, 7) is 1.92. The molecule has 0 aliphatic carbocycles. The lowest BCUT2D eigenvalue weighted by atomic mass is 10.2. The molecule has 0 saturated carbocycles. The van der Waals surface area contributed by atoms with Crippen molar-refractivity contribution in [3.8, 4) is 0 Å². The van der Waals surface area contributed by atoms with Gasteiger partial charge in [-0.15, -0.1) is 22.9 Å². The van der Waals surface area contributed by atoms with Crippen LogP contribution >= 0.6 is 22.9 Å². The molecular weight excluding hydrogens is 270 g/mol. The van der Waals surface area contributed by atoms with Crippen LogP contribution in [-0.2, 0) is 16.0 Å². The van der Waals surface area contributed by atoms with Crippen molar-refractivity contribution >= 4 is 28.8 Å². The topological polar surface area (TPSA) is 38.3 Å². The number of ether oxygens (including phenoxy) is 1. The Labute approximate surface area is 117 Å². The van der Waals surface area contributed by atoms with E-state index in [2.05, 4.69) is 16.8 Å². The number of hydrogen-bond acceptors (Lipinski definition) is 3. The van der Waals surface area contributed by atoms with Crippen molar-refractivity contribution in [1.29, 1.82) is 0 Å². The normalized spacial score (nSPS) is 10.5. The largest absolute Gasteiger partial charge is 0.380 e. The summed E-state index contributed by atoms with van der Waals surface area (Å²) in [6, 6.07) is 4.15. The highest BCUT2D eigenvalue weighted by Gasteiger charge is 2.01. The van der Waals surface area contributed by atoms with E-state index in [1.54, 1.807) is 11.3 Å². The molecule has 0 aliphatic heterocycles. The number of rotatable bonds is 10. The molecule has 0 aromatic carbocycles. The quantitative estimate of drug-likeness (QED) is 0.531. The smallest absolute Gasteiger partial charge is 0.220 e. The van der Waals surface area contributed by atoms with Gasteiger partial charge in [0.25, 0.3) is 0 Å². The lowest BCUT2D eigenvalue weighted by Crippen LogP contribution is -2.25. The van der Waals surface area contributed by atoms with Gasteiger partial charge in [0, 0.05) is 30.3 Å². The van der Waals surface area contributed by atoms with Crippen LogP contribution in [0.4, 0.5) is 0 Å². The first-order valence-corrected chi connectivity index (χ1v) is 7.67. The minimum Gasteiger partial charge on any atom is -0.380 e. The molecule has 1 rings (SSSR count). The summed E-state index contributed by atoms with van der Waals surface area (Å²) in [5.41, 5.74) is 0. The maximum Gasteiger partial charge on any atom is 0.220 e. The number of carbonyl (C=O) groups is 1. The first kappa shape index (κ1) is 15.5. The monoisotopic (exact) mass is 289 g/mol. The van der Waals surface area contributed by atoms with Crippen molar-refractivity contribution in [2.45, 2.75) is 25.7 Å². The Hall–Kier alpha value is -0.580. The first-order chi connectivity index (χ1) is 8.83. The number of alkyl halides is 1. The molecule has 0 bridgehead atoms. The van der Waals surface area contributed by atoms with Crippen LogP contribution in [0.15, 0.2) is 17.5 Å². The van der Waals surface area contributed by atoms with Crippen LogP contribution < -0.4 is 5.32 Å². The van der Waals surface area contributed by atoms with E-state index >= 15 is 0 Å². The summed E-state index contributed by atoms with van der Waals surface area (Å²) in [5.74, 6) is 0.652. The second-order valence-electron chi connectivity index (χ2n) is 3.94. The van der Waals surface area contributed by atoms with Crippen LogP contribution in [-0.4, -0.2) is 31.5 Å². The predicted octanol–water partition coefficient (Wildman–Crippen LogP) is 2.83. The molecule has 5 heteroatoms. The lowest BCUT2D eigenvalue weighted by Gasteiger charge is -2.05. The Morgan fingerprint density at radius 3 is 3.00 bits per heavy atom. The van der Waals surface area contributed by atoms with Crippen molar-refractivity contribution in [3.63, 3.8) is 0 Å². The Morgan fingerprint density at radius 2 is 2.28 bits per heavy atom. The molecule has 3 nitrogen and oxygen atoms in total. The number of carbonyl (C=O) groups excluding carboxylic acids is 1. The molecule has 1 aromatic rings. The van der Waals surface area contributed by atoms with Crippen molar-refractivity contribution in [1.82, 2.24) is 5.32 Å². The van der Waals surface area contributed by atoms with Gasteiger partial charge in [-0.2, -0.15) is 0 Å². The van der Waals surface area contributed by atoms with E-state index in [0.29, 0.717) is 32.1 Å². The average molecular weight is 290 g/mol. The van der Waals surface area contributed by atoms with E-state index in [9.17, 15) is 4.79 Å². The fourth-order valence-electron chi connectivity index (χ4n) is 1.53. The van der Waals surface area contributed by atoms with Gasteiger partial charge in [-0.05, 0) is 30.7 Å². The SMILES string of the molecule is O=C(CCCc1cccs1)NCCCOCCCl. The Balaban J connectivity index is 1.91. The molecule has 0 radical (unpaired) electrons. The number of hydrogen-bond donors (Lipinski definition) is 1. The summed E-state index contributed by atoms with van der Waals surface area (Å²) in [6.07, 6.45) is 3.34. The fourth-order valence-corrected chi connectivity index (χ4v) is 2.39. The Bertz CT molecular complexity index is 317. The molecular formula is C13H20ClNO2S. The van der Waals surface area contributed by atoms with E-state index in [0.717, 1.165) is 19.3 Å². The highest BCUT2D eigenvalue weighted by molar-refractivity contribution is 7.09. The molecule has 102 valence electrons. The van der Waals surface area contributed by atoms with Crippen molar-refractivity contribution in [3.05, 3.63) is 22.4 Å². The molecule has 1 heterocycles. The zero-order valence-corrected chi connectivity index (χ0v) is 12.1. The standard InChI is InChI=1S/C13H20ClNO2S/c14-7-10-17-9-3-8-15-13(16)6-1-4-12-5-2-11-18-12/h2,5,11H,1,3-4,6-10H2,(H,15,16). The van der Waals surface area contributed by atoms with Crippen molar-refractivity contribution in [2.24, 2.45) is 0 Å².